The number of nitrogens with zero attached hydrogens (tertiary/aromatic N) is 1. The number of halogens is 1. The van der Waals surface area contributed by atoms with Gasteiger partial charge in [-0.25, -0.2) is 4.79 Å². The van der Waals surface area contributed by atoms with Gasteiger partial charge in [0.25, 0.3) is 0 Å². The molecule has 1 heterocycles. The molecule has 1 saturated heterocycles. The highest BCUT2D eigenvalue weighted by Gasteiger charge is 2.28. The average Bonchev–Trinajstić information content (AvgIpc) is 2.41. The summed E-state index contributed by atoms with van der Waals surface area (Å²) in [6.07, 6.45) is 2.67. The van der Waals surface area contributed by atoms with Gasteiger partial charge in [-0.2, -0.15) is 0 Å². The molecule has 1 fully saturated rings. The van der Waals surface area contributed by atoms with Gasteiger partial charge in [0, 0.05) is 21.8 Å². The maximum Gasteiger partial charge on any atom is 0.322 e. The van der Waals surface area contributed by atoms with Crippen molar-refractivity contribution in [3.63, 3.8) is 0 Å². The quantitative estimate of drug-likeness (QED) is 0.782. The van der Waals surface area contributed by atoms with Gasteiger partial charge < -0.3 is 15.3 Å². The van der Waals surface area contributed by atoms with Gasteiger partial charge in [0.05, 0.1) is 6.42 Å². The molecule has 1 aromatic carbocycles. The van der Waals surface area contributed by atoms with E-state index in [0.717, 1.165) is 28.5 Å². The van der Waals surface area contributed by atoms with E-state index < -0.39 is 5.97 Å². The molecule has 5 nitrogen and oxygen atoms in total. The number of rotatable bonds is 3. The maximum atomic E-state index is 12.3. The Morgan fingerprint density at radius 3 is 2.65 bits per heavy atom. The minimum absolute atomic E-state index is 0.0140. The number of carboxylic acid groups (broad SMARTS) is 1. The predicted octanol–water partition coefficient (Wildman–Crippen LogP) is 3.15. The summed E-state index contributed by atoms with van der Waals surface area (Å²) in [6.45, 7) is 0.619. The van der Waals surface area contributed by atoms with Gasteiger partial charge in [-0.1, -0.05) is 0 Å². The molecule has 2 N–H and O–H groups in total. The van der Waals surface area contributed by atoms with E-state index >= 15 is 0 Å². The molecule has 20 heavy (non-hydrogen) atoms. The van der Waals surface area contributed by atoms with Crippen LogP contribution in [-0.4, -0.2) is 34.6 Å². The zero-order valence-corrected chi connectivity index (χ0v) is 13.2. The van der Waals surface area contributed by atoms with Crippen LogP contribution in [0.5, 0.6) is 0 Å². The molecule has 0 bridgehead atoms. The van der Waals surface area contributed by atoms with Crippen LogP contribution < -0.4 is 5.32 Å². The Morgan fingerprint density at radius 2 is 2.00 bits per heavy atom. The zero-order chi connectivity index (χ0) is 14.5. The summed E-state index contributed by atoms with van der Waals surface area (Å²) in [5.41, 5.74) is 0.732. The van der Waals surface area contributed by atoms with Gasteiger partial charge in [-0.05, 0) is 66.1 Å². The van der Waals surface area contributed by atoms with Crippen LogP contribution in [0.3, 0.4) is 0 Å². The van der Waals surface area contributed by atoms with Crippen LogP contribution in [0.15, 0.2) is 24.3 Å². The van der Waals surface area contributed by atoms with Crippen molar-refractivity contribution < 1.29 is 14.7 Å². The first-order chi connectivity index (χ1) is 9.56. The van der Waals surface area contributed by atoms with Crippen LogP contribution >= 0.6 is 22.6 Å². The SMILES string of the molecule is O=C(O)CC1CCCCN1C(=O)Nc1ccc(I)cc1. The summed E-state index contributed by atoms with van der Waals surface area (Å²) in [5, 5.41) is 11.8. The minimum atomic E-state index is -0.857. The van der Waals surface area contributed by atoms with E-state index in [2.05, 4.69) is 27.9 Å². The fourth-order valence-electron chi connectivity index (χ4n) is 2.41. The Morgan fingerprint density at radius 1 is 1.30 bits per heavy atom. The number of carbonyl (C=O) groups is 2. The lowest BCUT2D eigenvalue weighted by atomic mass is 10.00. The summed E-state index contributed by atoms with van der Waals surface area (Å²) in [4.78, 5) is 24.8. The summed E-state index contributed by atoms with van der Waals surface area (Å²) < 4.78 is 1.10. The summed E-state index contributed by atoms with van der Waals surface area (Å²) in [6, 6.07) is 7.11. The van der Waals surface area contributed by atoms with E-state index in [0.29, 0.717) is 6.54 Å². The number of carbonyl (C=O) groups excluding carboxylic acids is 1. The Bertz CT molecular complexity index is 490. The highest BCUT2D eigenvalue weighted by atomic mass is 127. The zero-order valence-electron chi connectivity index (χ0n) is 11.0. The normalized spacial score (nSPS) is 18.6. The third-order valence-electron chi connectivity index (χ3n) is 3.39. The van der Waals surface area contributed by atoms with E-state index in [1.807, 2.05) is 24.3 Å². The Kier molecular flexibility index (Phi) is 5.22. The second-order valence-electron chi connectivity index (χ2n) is 4.88. The summed E-state index contributed by atoms with van der Waals surface area (Å²) >= 11 is 2.20. The minimum Gasteiger partial charge on any atom is -0.481 e. The molecule has 0 aromatic heterocycles. The molecule has 1 atom stereocenters. The van der Waals surface area contributed by atoms with Crippen molar-refractivity contribution in [2.75, 3.05) is 11.9 Å². The number of benzene rings is 1. The summed E-state index contributed by atoms with van der Waals surface area (Å²) in [7, 11) is 0. The average molecular weight is 388 g/mol. The fraction of sp³-hybridized carbons (Fsp3) is 0.429. The number of hydrogen-bond donors (Lipinski definition) is 2. The molecule has 1 aromatic rings. The van der Waals surface area contributed by atoms with E-state index in [4.69, 9.17) is 5.11 Å². The topological polar surface area (TPSA) is 69.6 Å². The number of hydrogen-bond acceptors (Lipinski definition) is 2. The molecule has 0 saturated carbocycles. The fourth-order valence-corrected chi connectivity index (χ4v) is 2.77. The van der Waals surface area contributed by atoms with Crippen molar-refractivity contribution in [1.82, 2.24) is 4.90 Å². The number of nitrogens with one attached hydrogen (secondary N) is 1. The van der Waals surface area contributed by atoms with Crippen LogP contribution in [0.1, 0.15) is 25.7 Å². The maximum absolute atomic E-state index is 12.3. The first-order valence-electron chi connectivity index (χ1n) is 6.61. The number of likely N-dealkylation sites (tertiary alicyclic amines) is 1. The van der Waals surface area contributed by atoms with Crippen LogP contribution in [-0.2, 0) is 4.79 Å². The molecule has 6 heteroatoms. The van der Waals surface area contributed by atoms with Crippen molar-refractivity contribution in [3.05, 3.63) is 27.8 Å². The highest BCUT2D eigenvalue weighted by Crippen LogP contribution is 2.21. The molecule has 0 aliphatic carbocycles. The van der Waals surface area contributed by atoms with E-state index in [-0.39, 0.29) is 18.5 Å². The highest BCUT2D eigenvalue weighted by molar-refractivity contribution is 14.1. The number of piperidine rings is 1. The second-order valence-corrected chi connectivity index (χ2v) is 6.12. The van der Waals surface area contributed by atoms with Crippen molar-refractivity contribution in [2.24, 2.45) is 0 Å². The smallest absolute Gasteiger partial charge is 0.322 e. The standard InChI is InChI=1S/C14H17IN2O3/c15-10-4-6-11(7-5-10)16-14(20)17-8-2-1-3-12(17)9-13(18)19/h4-7,12H,1-3,8-9H2,(H,16,20)(H,18,19). The number of amides is 2. The lowest BCUT2D eigenvalue weighted by Gasteiger charge is -2.34. The van der Waals surface area contributed by atoms with Crippen LogP contribution in [0.2, 0.25) is 0 Å². The molecular formula is C14H17IN2O3. The van der Waals surface area contributed by atoms with Gasteiger partial charge in [-0.15, -0.1) is 0 Å². The monoisotopic (exact) mass is 388 g/mol. The second kappa shape index (κ2) is 6.92. The lowest BCUT2D eigenvalue weighted by molar-refractivity contribution is -0.138. The van der Waals surface area contributed by atoms with Crippen LogP contribution in [0.25, 0.3) is 0 Å². The Hall–Kier alpha value is -1.31. The number of aliphatic carboxylic acids is 1. The Labute approximate surface area is 131 Å². The molecule has 1 aliphatic rings. The van der Waals surface area contributed by atoms with Gasteiger partial charge >= 0.3 is 12.0 Å². The number of urea groups is 1. The van der Waals surface area contributed by atoms with E-state index in [1.165, 1.54) is 0 Å². The van der Waals surface area contributed by atoms with Crippen molar-refractivity contribution in [2.45, 2.75) is 31.7 Å². The van der Waals surface area contributed by atoms with Crippen LogP contribution in [0.4, 0.5) is 10.5 Å². The third kappa shape index (κ3) is 4.09. The molecule has 2 amide bonds. The van der Waals surface area contributed by atoms with Crippen molar-refractivity contribution in [3.8, 4) is 0 Å². The Balaban J connectivity index is 2.01. The molecule has 2 rings (SSSR count). The molecular weight excluding hydrogens is 371 g/mol. The molecule has 1 unspecified atom stereocenters. The molecule has 108 valence electrons. The van der Waals surface area contributed by atoms with Gasteiger partial charge in [0.15, 0.2) is 0 Å². The van der Waals surface area contributed by atoms with Gasteiger partial charge in [0.1, 0.15) is 0 Å². The number of anilines is 1. The van der Waals surface area contributed by atoms with Gasteiger partial charge in [0.2, 0.25) is 0 Å². The first kappa shape index (κ1) is 15.1. The van der Waals surface area contributed by atoms with Crippen LogP contribution in [0, 0.1) is 3.57 Å². The molecule has 0 radical (unpaired) electrons. The predicted molar refractivity (Wildman–Crippen MR) is 84.8 cm³/mol. The largest absolute Gasteiger partial charge is 0.481 e. The van der Waals surface area contributed by atoms with Gasteiger partial charge in [-0.3, -0.25) is 4.79 Å². The third-order valence-corrected chi connectivity index (χ3v) is 4.11. The lowest BCUT2D eigenvalue weighted by Crippen LogP contribution is -2.46. The first-order valence-corrected chi connectivity index (χ1v) is 7.69. The molecule has 1 aliphatic heterocycles. The summed E-state index contributed by atoms with van der Waals surface area (Å²) in [5.74, 6) is -0.857. The van der Waals surface area contributed by atoms with Crippen molar-refractivity contribution >= 4 is 40.3 Å². The van der Waals surface area contributed by atoms with E-state index in [9.17, 15) is 9.59 Å². The number of carboxylic acids is 1. The van der Waals surface area contributed by atoms with Crippen molar-refractivity contribution in [1.29, 1.82) is 0 Å². The molecule has 0 spiro atoms. The van der Waals surface area contributed by atoms with E-state index in [1.54, 1.807) is 4.90 Å².